The number of nitrogens with one attached hydrogen (secondary N) is 1. The summed E-state index contributed by atoms with van der Waals surface area (Å²) in [5, 5.41) is 14.2. The SMILES string of the molecule is Cc1ccc(C(=O)N[C@@H](Cc2cccc3ccccc23)C(=O)O)cc1. The monoisotopic (exact) mass is 333 g/mol. The quantitative estimate of drug-likeness (QED) is 0.750. The highest BCUT2D eigenvalue weighted by atomic mass is 16.4. The Morgan fingerprint density at radius 3 is 2.36 bits per heavy atom. The van der Waals surface area contributed by atoms with Gasteiger partial charge in [-0.2, -0.15) is 0 Å². The first-order chi connectivity index (χ1) is 12.0. The van der Waals surface area contributed by atoms with Gasteiger partial charge < -0.3 is 10.4 Å². The van der Waals surface area contributed by atoms with Gasteiger partial charge in [0, 0.05) is 12.0 Å². The predicted octanol–water partition coefficient (Wildman–Crippen LogP) is 3.57. The Bertz CT molecular complexity index is 911. The summed E-state index contributed by atoms with van der Waals surface area (Å²) >= 11 is 0. The van der Waals surface area contributed by atoms with Crippen molar-refractivity contribution in [2.75, 3.05) is 0 Å². The highest BCUT2D eigenvalue weighted by Gasteiger charge is 2.22. The lowest BCUT2D eigenvalue weighted by Gasteiger charge is -2.16. The summed E-state index contributed by atoms with van der Waals surface area (Å²) in [4.78, 5) is 24.0. The van der Waals surface area contributed by atoms with Gasteiger partial charge in [0.25, 0.3) is 5.91 Å². The van der Waals surface area contributed by atoms with Crippen molar-refractivity contribution in [3.8, 4) is 0 Å². The molecule has 2 N–H and O–H groups in total. The van der Waals surface area contributed by atoms with E-state index < -0.39 is 12.0 Å². The van der Waals surface area contributed by atoms with Gasteiger partial charge in [0.1, 0.15) is 6.04 Å². The normalized spacial score (nSPS) is 11.9. The minimum absolute atomic E-state index is 0.230. The van der Waals surface area contributed by atoms with Crippen molar-refractivity contribution in [1.82, 2.24) is 5.32 Å². The van der Waals surface area contributed by atoms with Crippen molar-refractivity contribution in [2.45, 2.75) is 19.4 Å². The zero-order valence-electron chi connectivity index (χ0n) is 13.9. The molecule has 0 aromatic heterocycles. The van der Waals surface area contributed by atoms with Gasteiger partial charge in [0.2, 0.25) is 0 Å². The standard InChI is InChI=1S/C21H19NO3/c1-14-9-11-16(12-10-14)20(23)22-19(21(24)25)13-17-7-4-6-15-5-2-3-8-18(15)17/h2-12,19H,13H2,1H3,(H,22,23)(H,24,25)/t19-/m0/s1. The van der Waals surface area contributed by atoms with Gasteiger partial charge >= 0.3 is 5.97 Å². The molecule has 3 aromatic rings. The summed E-state index contributed by atoms with van der Waals surface area (Å²) in [5.41, 5.74) is 2.39. The van der Waals surface area contributed by atoms with Crippen LogP contribution in [-0.4, -0.2) is 23.0 Å². The smallest absolute Gasteiger partial charge is 0.326 e. The molecule has 0 bridgehead atoms. The van der Waals surface area contributed by atoms with E-state index >= 15 is 0 Å². The van der Waals surface area contributed by atoms with Crippen LogP contribution in [0.4, 0.5) is 0 Å². The molecule has 0 saturated heterocycles. The predicted molar refractivity (Wildman–Crippen MR) is 97.7 cm³/mol. The van der Waals surface area contributed by atoms with Crippen LogP contribution in [0.25, 0.3) is 10.8 Å². The van der Waals surface area contributed by atoms with E-state index in [0.717, 1.165) is 21.9 Å². The minimum Gasteiger partial charge on any atom is -0.480 e. The van der Waals surface area contributed by atoms with Crippen LogP contribution < -0.4 is 5.32 Å². The molecule has 3 aromatic carbocycles. The fourth-order valence-electron chi connectivity index (χ4n) is 2.84. The molecule has 0 unspecified atom stereocenters. The van der Waals surface area contributed by atoms with E-state index in [-0.39, 0.29) is 12.3 Å². The third kappa shape index (κ3) is 3.86. The molecule has 4 heteroatoms. The average Bonchev–Trinajstić information content (AvgIpc) is 2.61. The Balaban J connectivity index is 1.83. The maximum Gasteiger partial charge on any atom is 0.326 e. The van der Waals surface area contributed by atoms with Gasteiger partial charge in [0.05, 0.1) is 0 Å². The second kappa shape index (κ2) is 7.18. The molecule has 25 heavy (non-hydrogen) atoms. The second-order valence-corrected chi connectivity index (χ2v) is 6.07. The third-order valence-corrected chi connectivity index (χ3v) is 4.22. The Morgan fingerprint density at radius 2 is 1.64 bits per heavy atom. The van der Waals surface area contributed by atoms with E-state index in [1.807, 2.05) is 61.5 Å². The fourth-order valence-corrected chi connectivity index (χ4v) is 2.84. The number of carbonyl (C=O) groups excluding carboxylic acids is 1. The van der Waals surface area contributed by atoms with Crippen LogP contribution in [0.15, 0.2) is 66.7 Å². The number of hydrogen-bond acceptors (Lipinski definition) is 2. The van der Waals surface area contributed by atoms with Gasteiger partial charge in [-0.15, -0.1) is 0 Å². The van der Waals surface area contributed by atoms with Crippen molar-refractivity contribution in [3.05, 3.63) is 83.4 Å². The number of carboxylic acids is 1. The number of carboxylic acid groups (broad SMARTS) is 1. The average molecular weight is 333 g/mol. The van der Waals surface area contributed by atoms with E-state index in [1.54, 1.807) is 12.1 Å². The first kappa shape index (κ1) is 16.7. The van der Waals surface area contributed by atoms with Gasteiger partial charge in [-0.1, -0.05) is 60.2 Å². The summed E-state index contributed by atoms with van der Waals surface area (Å²) in [6, 6.07) is 19.7. The van der Waals surface area contributed by atoms with Crippen LogP contribution in [0.3, 0.4) is 0 Å². The molecule has 0 aliphatic rings. The Morgan fingerprint density at radius 1 is 0.960 bits per heavy atom. The number of benzene rings is 3. The largest absolute Gasteiger partial charge is 0.480 e. The van der Waals surface area contributed by atoms with Crippen molar-refractivity contribution in [1.29, 1.82) is 0 Å². The maximum absolute atomic E-state index is 12.4. The van der Waals surface area contributed by atoms with E-state index in [4.69, 9.17) is 0 Å². The summed E-state index contributed by atoms with van der Waals surface area (Å²) < 4.78 is 0. The summed E-state index contributed by atoms with van der Waals surface area (Å²) in [5.74, 6) is -1.43. The molecule has 1 amide bonds. The maximum atomic E-state index is 12.4. The molecule has 126 valence electrons. The molecular weight excluding hydrogens is 314 g/mol. The molecule has 0 heterocycles. The fraction of sp³-hybridized carbons (Fsp3) is 0.143. The highest BCUT2D eigenvalue weighted by molar-refractivity contribution is 5.97. The van der Waals surface area contributed by atoms with Crippen LogP contribution in [-0.2, 0) is 11.2 Å². The number of fused-ring (bicyclic) bond motifs is 1. The Hall–Kier alpha value is -3.14. The van der Waals surface area contributed by atoms with E-state index in [1.165, 1.54) is 0 Å². The molecule has 0 aliphatic heterocycles. The van der Waals surface area contributed by atoms with Crippen LogP contribution in [0.2, 0.25) is 0 Å². The number of rotatable bonds is 5. The Kier molecular flexibility index (Phi) is 4.80. The molecule has 0 saturated carbocycles. The summed E-state index contributed by atoms with van der Waals surface area (Å²) in [7, 11) is 0. The van der Waals surface area contributed by atoms with Gasteiger partial charge in [-0.25, -0.2) is 4.79 Å². The van der Waals surface area contributed by atoms with Crippen molar-refractivity contribution < 1.29 is 14.7 Å². The van der Waals surface area contributed by atoms with Crippen LogP contribution >= 0.6 is 0 Å². The zero-order valence-corrected chi connectivity index (χ0v) is 13.9. The third-order valence-electron chi connectivity index (χ3n) is 4.22. The molecule has 3 rings (SSSR count). The lowest BCUT2D eigenvalue weighted by molar-refractivity contribution is -0.139. The molecule has 0 radical (unpaired) electrons. The van der Waals surface area contributed by atoms with Crippen LogP contribution in [0.1, 0.15) is 21.5 Å². The highest BCUT2D eigenvalue weighted by Crippen LogP contribution is 2.20. The van der Waals surface area contributed by atoms with E-state index in [9.17, 15) is 14.7 Å². The molecule has 0 spiro atoms. The van der Waals surface area contributed by atoms with Crippen molar-refractivity contribution in [3.63, 3.8) is 0 Å². The molecular formula is C21H19NO3. The first-order valence-electron chi connectivity index (χ1n) is 8.11. The van der Waals surface area contributed by atoms with E-state index in [0.29, 0.717) is 5.56 Å². The van der Waals surface area contributed by atoms with Crippen LogP contribution in [0.5, 0.6) is 0 Å². The number of hydrogen-bond donors (Lipinski definition) is 2. The van der Waals surface area contributed by atoms with Gasteiger partial charge in [-0.05, 0) is 35.4 Å². The molecule has 1 atom stereocenters. The number of aliphatic carboxylic acids is 1. The second-order valence-electron chi connectivity index (χ2n) is 6.07. The van der Waals surface area contributed by atoms with Crippen molar-refractivity contribution >= 4 is 22.6 Å². The lowest BCUT2D eigenvalue weighted by Crippen LogP contribution is -2.42. The number of carbonyl (C=O) groups is 2. The minimum atomic E-state index is -1.05. The Labute approximate surface area is 146 Å². The van der Waals surface area contributed by atoms with E-state index in [2.05, 4.69) is 5.32 Å². The van der Waals surface area contributed by atoms with Crippen LogP contribution in [0, 0.1) is 6.92 Å². The topological polar surface area (TPSA) is 66.4 Å². The first-order valence-corrected chi connectivity index (χ1v) is 8.11. The van der Waals surface area contributed by atoms with Gasteiger partial charge in [0.15, 0.2) is 0 Å². The lowest BCUT2D eigenvalue weighted by atomic mass is 9.98. The molecule has 0 fully saturated rings. The summed E-state index contributed by atoms with van der Waals surface area (Å²) in [6.07, 6.45) is 0.230. The molecule has 0 aliphatic carbocycles. The zero-order chi connectivity index (χ0) is 17.8. The number of amides is 1. The number of aryl methyl sites for hydroxylation is 1. The van der Waals surface area contributed by atoms with Gasteiger partial charge in [-0.3, -0.25) is 4.79 Å². The summed E-state index contributed by atoms with van der Waals surface area (Å²) in [6.45, 7) is 1.93. The van der Waals surface area contributed by atoms with Crippen molar-refractivity contribution in [2.24, 2.45) is 0 Å². The molecule has 4 nitrogen and oxygen atoms in total.